The quantitative estimate of drug-likeness (QED) is 0.719. The van der Waals surface area contributed by atoms with E-state index in [0.29, 0.717) is 19.6 Å². The molecule has 1 aliphatic heterocycles. The second kappa shape index (κ2) is 4.46. The number of carbonyl (C=O) groups is 1. The minimum Gasteiger partial charge on any atom is -0.348 e. The van der Waals surface area contributed by atoms with Gasteiger partial charge in [0.1, 0.15) is 0 Å². The second-order valence-corrected chi connectivity index (χ2v) is 6.96. The highest BCUT2D eigenvalue weighted by molar-refractivity contribution is 5.96. The van der Waals surface area contributed by atoms with E-state index in [2.05, 4.69) is 27.7 Å². The molecule has 0 saturated carbocycles. The summed E-state index contributed by atoms with van der Waals surface area (Å²) in [5.74, 6) is 0.237. The van der Waals surface area contributed by atoms with Crippen molar-refractivity contribution in [3.05, 3.63) is 11.1 Å². The van der Waals surface area contributed by atoms with Gasteiger partial charge in [0.2, 0.25) is 0 Å². The predicted octanol–water partition coefficient (Wildman–Crippen LogP) is 3.09. The Balaban J connectivity index is 2.25. The van der Waals surface area contributed by atoms with Gasteiger partial charge in [0.25, 0.3) is 0 Å². The molecule has 3 heteroatoms. The summed E-state index contributed by atoms with van der Waals surface area (Å²) in [5, 5.41) is 0. The van der Waals surface area contributed by atoms with Gasteiger partial charge in [-0.25, -0.2) is 0 Å². The van der Waals surface area contributed by atoms with Crippen LogP contribution in [-0.2, 0) is 14.3 Å². The van der Waals surface area contributed by atoms with E-state index >= 15 is 0 Å². The van der Waals surface area contributed by atoms with Gasteiger partial charge in [-0.1, -0.05) is 27.7 Å². The van der Waals surface area contributed by atoms with Gasteiger partial charge in [0, 0.05) is 11.8 Å². The second-order valence-electron chi connectivity index (χ2n) is 6.96. The van der Waals surface area contributed by atoms with Crippen LogP contribution in [0.15, 0.2) is 11.1 Å². The zero-order chi connectivity index (χ0) is 13.6. The van der Waals surface area contributed by atoms with Crippen LogP contribution < -0.4 is 0 Å². The Morgan fingerprint density at radius 1 is 1.11 bits per heavy atom. The zero-order valence-electron chi connectivity index (χ0n) is 12.1. The van der Waals surface area contributed by atoms with Gasteiger partial charge in [-0.2, -0.15) is 0 Å². The Morgan fingerprint density at radius 3 is 2.22 bits per heavy atom. The summed E-state index contributed by atoms with van der Waals surface area (Å²) in [4.78, 5) is 11.9. The third kappa shape index (κ3) is 2.52. The standard InChI is InChI=1S/C15H24O3/c1-10-11(16)6-7-15(4,5)12(10)13-17-8-14(2,3)9-18-13/h13H,6-9H2,1-5H3. The van der Waals surface area contributed by atoms with Crippen molar-refractivity contribution in [2.75, 3.05) is 13.2 Å². The summed E-state index contributed by atoms with van der Waals surface area (Å²) in [6, 6.07) is 0. The van der Waals surface area contributed by atoms with Gasteiger partial charge in [0.05, 0.1) is 13.2 Å². The van der Waals surface area contributed by atoms with E-state index in [1.54, 1.807) is 0 Å². The van der Waals surface area contributed by atoms with E-state index in [1.165, 1.54) is 0 Å². The first kappa shape index (κ1) is 13.8. The molecule has 0 bridgehead atoms. The van der Waals surface area contributed by atoms with E-state index in [0.717, 1.165) is 17.6 Å². The molecule has 1 fully saturated rings. The van der Waals surface area contributed by atoms with Gasteiger partial charge in [-0.15, -0.1) is 0 Å². The number of ketones is 1. The minimum atomic E-state index is -0.336. The molecule has 18 heavy (non-hydrogen) atoms. The van der Waals surface area contributed by atoms with Crippen LogP contribution in [0.1, 0.15) is 47.5 Å². The summed E-state index contributed by atoms with van der Waals surface area (Å²) in [6.07, 6.45) is 1.18. The molecular weight excluding hydrogens is 228 g/mol. The van der Waals surface area contributed by atoms with Gasteiger partial charge in [0.15, 0.2) is 12.1 Å². The lowest BCUT2D eigenvalue weighted by Crippen LogP contribution is -2.43. The molecule has 102 valence electrons. The number of rotatable bonds is 1. The van der Waals surface area contributed by atoms with E-state index in [1.807, 2.05) is 6.92 Å². The van der Waals surface area contributed by atoms with E-state index in [4.69, 9.17) is 9.47 Å². The highest BCUT2D eigenvalue weighted by atomic mass is 16.7. The van der Waals surface area contributed by atoms with Crippen molar-refractivity contribution in [1.29, 1.82) is 0 Å². The van der Waals surface area contributed by atoms with Crippen LogP contribution in [0.4, 0.5) is 0 Å². The monoisotopic (exact) mass is 252 g/mol. The van der Waals surface area contributed by atoms with Gasteiger partial charge >= 0.3 is 0 Å². The topological polar surface area (TPSA) is 35.5 Å². The average Bonchev–Trinajstić information content (AvgIpc) is 2.26. The highest BCUT2D eigenvalue weighted by Crippen LogP contribution is 2.43. The van der Waals surface area contributed by atoms with Crippen LogP contribution in [-0.4, -0.2) is 25.3 Å². The number of hydrogen-bond acceptors (Lipinski definition) is 3. The van der Waals surface area contributed by atoms with Crippen molar-refractivity contribution in [2.45, 2.75) is 53.8 Å². The minimum absolute atomic E-state index is 0.00978. The number of hydrogen-bond donors (Lipinski definition) is 0. The first-order valence-electron chi connectivity index (χ1n) is 6.71. The van der Waals surface area contributed by atoms with Crippen LogP contribution in [0.3, 0.4) is 0 Å². The van der Waals surface area contributed by atoms with Crippen LogP contribution in [0.5, 0.6) is 0 Å². The molecule has 2 aliphatic rings. The van der Waals surface area contributed by atoms with Crippen LogP contribution >= 0.6 is 0 Å². The van der Waals surface area contributed by atoms with E-state index in [9.17, 15) is 4.79 Å². The normalized spacial score (nSPS) is 28.6. The number of carbonyl (C=O) groups excluding carboxylic acids is 1. The molecule has 0 aromatic rings. The molecule has 3 nitrogen and oxygen atoms in total. The average molecular weight is 252 g/mol. The Bertz CT molecular complexity index is 381. The Labute approximate surface area is 110 Å². The van der Waals surface area contributed by atoms with Gasteiger partial charge in [-0.05, 0) is 29.9 Å². The van der Waals surface area contributed by atoms with E-state index in [-0.39, 0.29) is 22.9 Å². The molecule has 2 rings (SSSR count). The van der Waals surface area contributed by atoms with Gasteiger partial charge < -0.3 is 9.47 Å². The first-order chi connectivity index (χ1) is 8.23. The Kier molecular flexibility index (Phi) is 3.41. The fourth-order valence-electron chi connectivity index (χ4n) is 2.76. The van der Waals surface area contributed by atoms with Crippen molar-refractivity contribution in [3.8, 4) is 0 Å². The fraction of sp³-hybridized carbons (Fsp3) is 0.800. The highest BCUT2D eigenvalue weighted by Gasteiger charge is 2.40. The summed E-state index contributed by atoms with van der Waals surface area (Å²) < 4.78 is 11.7. The van der Waals surface area contributed by atoms with Crippen molar-refractivity contribution in [1.82, 2.24) is 0 Å². The summed E-state index contributed by atoms with van der Waals surface area (Å²) >= 11 is 0. The predicted molar refractivity (Wildman–Crippen MR) is 70.2 cm³/mol. The summed E-state index contributed by atoms with van der Waals surface area (Å²) in [6.45, 7) is 11.9. The molecule has 1 heterocycles. The molecule has 0 aromatic carbocycles. The maximum absolute atomic E-state index is 11.9. The van der Waals surface area contributed by atoms with Crippen LogP contribution in [0.2, 0.25) is 0 Å². The molecule has 0 spiro atoms. The maximum atomic E-state index is 11.9. The number of allylic oxidation sites excluding steroid dienone is 1. The molecule has 1 aliphatic carbocycles. The molecule has 0 aromatic heterocycles. The Hall–Kier alpha value is -0.670. The van der Waals surface area contributed by atoms with Crippen molar-refractivity contribution < 1.29 is 14.3 Å². The van der Waals surface area contributed by atoms with Crippen molar-refractivity contribution in [2.24, 2.45) is 10.8 Å². The summed E-state index contributed by atoms with van der Waals surface area (Å²) in [7, 11) is 0. The molecule has 0 N–H and O–H groups in total. The maximum Gasteiger partial charge on any atom is 0.181 e. The lowest BCUT2D eigenvalue weighted by atomic mass is 9.72. The molecule has 0 radical (unpaired) electrons. The smallest absolute Gasteiger partial charge is 0.181 e. The van der Waals surface area contributed by atoms with Gasteiger partial charge in [-0.3, -0.25) is 4.79 Å². The third-order valence-corrected chi connectivity index (χ3v) is 4.02. The third-order valence-electron chi connectivity index (χ3n) is 4.02. The molecule has 0 unspecified atom stereocenters. The fourth-order valence-corrected chi connectivity index (χ4v) is 2.76. The van der Waals surface area contributed by atoms with Crippen molar-refractivity contribution in [3.63, 3.8) is 0 Å². The molecule has 0 atom stereocenters. The molecule has 1 saturated heterocycles. The van der Waals surface area contributed by atoms with Crippen LogP contribution in [0.25, 0.3) is 0 Å². The first-order valence-corrected chi connectivity index (χ1v) is 6.71. The lowest BCUT2D eigenvalue weighted by Gasteiger charge is -2.42. The number of Topliss-reactive ketones (excluding diaryl/α,β-unsaturated/α-hetero) is 1. The zero-order valence-corrected chi connectivity index (χ0v) is 12.1. The molecular formula is C15H24O3. The summed E-state index contributed by atoms with van der Waals surface area (Å²) in [5.41, 5.74) is 1.95. The Morgan fingerprint density at radius 2 is 1.67 bits per heavy atom. The van der Waals surface area contributed by atoms with Crippen LogP contribution in [0, 0.1) is 10.8 Å². The molecule has 0 amide bonds. The van der Waals surface area contributed by atoms with Crippen molar-refractivity contribution >= 4 is 5.78 Å². The number of ether oxygens (including phenoxy) is 2. The lowest BCUT2D eigenvalue weighted by molar-refractivity contribution is -0.209. The van der Waals surface area contributed by atoms with E-state index < -0.39 is 0 Å². The largest absolute Gasteiger partial charge is 0.348 e. The SMILES string of the molecule is CC1=C(C2OCC(C)(C)CO2)C(C)(C)CCC1=O.